The number of hydrogen-bond acceptors (Lipinski definition) is 4. The molecule has 0 spiro atoms. The molecule has 4 rings (SSSR count). The van der Waals surface area contributed by atoms with Crippen molar-refractivity contribution in [3.8, 4) is 11.3 Å². The first-order valence-corrected chi connectivity index (χ1v) is 10.2. The van der Waals surface area contributed by atoms with Gasteiger partial charge in [0.15, 0.2) is 5.82 Å². The van der Waals surface area contributed by atoms with Crippen molar-refractivity contribution >= 4 is 17.8 Å². The van der Waals surface area contributed by atoms with E-state index in [2.05, 4.69) is 20.6 Å². The van der Waals surface area contributed by atoms with Crippen LogP contribution in [0.2, 0.25) is 0 Å². The third-order valence-electron chi connectivity index (χ3n) is 5.19. The normalized spacial score (nSPS) is 14.1. The molecule has 3 aromatic rings. The molecule has 1 saturated heterocycles. The topological polar surface area (TPSA) is 87.2 Å². The maximum absolute atomic E-state index is 13.4. The van der Waals surface area contributed by atoms with Gasteiger partial charge in [-0.25, -0.2) is 18.6 Å². The van der Waals surface area contributed by atoms with Crippen molar-refractivity contribution in [3.63, 3.8) is 0 Å². The van der Waals surface area contributed by atoms with Crippen LogP contribution in [0.5, 0.6) is 0 Å². The summed E-state index contributed by atoms with van der Waals surface area (Å²) in [5, 5.41) is 5.47. The zero-order valence-electron chi connectivity index (χ0n) is 17.1. The summed E-state index contributed by atoms with van der Waals surface area (Å²) in [4.78, 5) is 34.8. The number of carbonyl (C=O) groups excluding carboxylic acids is 2. The van der Waals surface area contributed by atoms with E-state index >= 15 is 0 Å². The molecule has 1 aromatic heterocycles. The van der Waals surface area contributed by atoms with Crippen molar-refractivity contribution in [1.82, 2.24) is 20.2 Å². The Labute approximate surface area is 183 Å². The Bertz CT molecular complexity index is 1080. The molecule has 0 bridgehead atoms. The van der Waals surface area contributed by atoms with Crippen molar-refractivity contribution in [3.05, 3.63) is 78.1 Å². The van der Waals surface area contributed by atoms with Gasteiger partial charge in [-0.15, -0.1) is 0 Å². The van der Waals surface area contributed by atoms with Crippen LogP contribution in [0, 0.1) is 11.6 Å². The Balaban J connectivity index is 1.27. The fourth-order valence-electron chi connectivity index (χ4n) is 3.57. The maximum atomic E-state index is 13.4. The molecule has 2 N–H and O–H groups in total. The number of amides is 3. The summed E-state index contributed by atoms with van der Waals surface area (Å²) in [5.74, 6) is -1.22. The maximum Gasteiger partial charge on any atom is 0.320 e. The summed E-state index contributed by atoms with van der Waals surface area (Å²) >= 11 is 0. The molecule has 1 fully saturated rings. The predicted molar refractivity (Wildman–Crippen MR) is 115 cm³/mol. The van der Waals surface area contributed by atoms with Gasteiger partial charge in [-0.2, -0.15) is 0 Å². The van der Waals surface area contributed by atoms with E-state index in [9.17, 15) is 18.4 Å². The van der Waals surface area contributed by atoms with E-state index in [1.807, 2.05) is 18.2 Å². The van der Waals surface area contributed by atoms with Gasteiger partial charge in [-0.3, -0.25) is 15.1 Å². The second kappa shape index (κ2) is 9.51. The van der Waals surface area contributed by atoms with E-state index in [-0.39, 0.29) is 29.0 Å². The van der Waals surface area contributed by atoms with Crippen LogP contribution in [0.15, 0.2) is 60.9 Å². The molecule has 164 valence electrons. The van der Waals surface area contributed by atoms with Gasteiger partial charge in [-0.05, 0) is 37.1 Å². The molecule has 0 aliphatic carbocycles. The Morgan fingerprint density at radius 1 is 0.938 bits per heavy atom. The Morgan fingerprint density at radius 2 is 1.62 bits per heavy atom. The van der Waals surface area contributed by atoms with Crippen LogP contribution in [0.25, 0.3) is 11.3 Å². The van der Waals surface area contributed by atoms with Crippen LogP contribution in [0.3, 0.4) is 0 Å². The summed E-state index contributed by atoms with van der Waals surface area (Å²) in [7, 11) is 0. The average Bonchev–Trinajstić information content (AvgIpc) is 2.79. The highest BCUT2D eigenvalue weighted by Gasteiger charge is 2.24. The molecule has 3 amide bonds. The van der Waals surface area contributed by atoms with Gasteiger partial charge in [0.25, 0.3) is 5.91 Å². The molecule has 9 heteroatoms. The van der Waals surface area contributed by atoms with Gasteiger partial charge in [0.05, 0.1) is 18.1 Å². The monoisotopic (exact) mass is 437 g/mol. The van der Waals surface area contributed by atoms with Crippen molar-refractivity contribution in [2.75, 3.05) is 18.4 Å². The second-order valence-electron chi connectivity index (χ2n) is 7.48. The number of carbonyl (C=O) groups is 2. The lowest BCUT2D eigenvalue weighted by atomic mass is 10.0. The molecule has 1 aliphatic rings. The van der Waals surface area contributed by atoms with E-state index in [4.69, 9.17) is 0 Å². The minimum atomic E-state index is -0.708. The number of likely N-dealkylation sites (tertiary alicyclic amines) is 1. The van der Waals surface area contributed by atoms with Gasteiger partial charge >= 0.3 is 6.03 Å². The summed E-state index contributed by atoms with van der Waals surface area (Å²) in [6.45, 7) is 1.11. The van der Waals surface area contributed by atoms with Gasteiger partial charge in [-0.1, -0.05) is 18.2 Å². The van der Waals surface area contributed by atoms with Crippen LogP contribution in [0.4, 0.5) is 19.4 Å². The highest BCUT2D eigenvalue weighted by Crippen LogP contribution is 2.20. The molecule has 2 heterocycles. The lowest BCUT2D eigenvalue weighted by Gasteiger charge is -2.32. The number of halogens is 2. The van der Waals surface area contributed by atoms with E-state index in [0.29, 0.717) is 31.5 Å². The lowest BCUT2D eigenvalue weighted by molar-refractivity contribution is 0.0709. The zero-order chi connectivity index (χ0) is 22.5. The van der Waals surface area contributed by atoms with Crippen LogP contribution in [0.1, 0.15) is 23.2 Å². The number of nitrogens with zero attached hydrogens (tertiary/aromatic N) is 3. The number of piperidine rings is 1. The molecule has 0 radical (unpaired) electrons. The molecular weight excluding hydrogens is 416 g/mol. The molecule has 32 heavy (non-hydrogen) atoms. The van der Waals surface area contributed by atoms with Crippen molar-refractivity contribution in [2.24, 2.45) is 0 Å². The van der Waals surface area contributed by atoms with E-state index < -0.39 is 17.7 Å². The van der Waals surface area contributed by atoms with Gasteiger partial charge in [0.2, 0.25) is 0 Å². The Morgan fingerprint density at radius 3 is 2.25 bits per heavy atom. The Kier molecular flexibility index (Phi) is 6.34. The molecule has 2 aromatic carbocycles. The quantitative estimate of drug-likeness (QED) is 0.649. The number of nitrogens with one attached hydrogen (secondary N) is 2. The van der Waals surface area contributed by atoms with Gasteiger partial charge < -0.3 is 10.2 Å². The molecule has 0 unspecified atom stereocenters. The highest BCUT2D eigenvalue weighted by atomic mass is 19.1. The number of anilines is 1. The van der Waals surface area contributed by atoms with Crippen molar-refractivity contribution in [2.45, 2.75) is 18.9 Å². The third kappa shape index (κ3) is 5.23. The first-order chi connectivity index (χ1) is 15.5. The number of rotatable bonds is 4. The molecule has 0 atom stereocenters. The largest absolute Gasteiger partial charge is 0.338 e. The van der Waals surface area contributed by atoms with Crippen molar-refractivity contribution < 1.29 is 18.4 Å². The smallest absolute Gasteiger partial charge is 0.320 e. The lowest BCUT2D eigenvalue weighted by Crippen LogP contribution is -2.47. The highest BCUT2D eigenvalue weighted by molar-refractivity contribution is 5.94. The first-order valence-electron chi connectivity index (χ1n) is 10.2. The predicted octanol–water partition coefficient (Wildman–Crippen LogP) is 3.85. The number of aromatic nitrogens is 2. The fraction of sp³-hybridized carbons (Fsp3) is 0.217. The summed E-state index contributed by atoms with van der Waals surface area (Å²) < 4.78 is 26.7. The number of urea groups is 1. The number of benzene rings is 2. The summed E-state index contributed by atoms with van der Waals surface area (Å²) in [6, 6.07) is 11.7. The summed E-state index contributed by atoms with van der Waals surface area (Å²) in [6.07, 6.45) is 3.93. The molecule has 1 aliphatic heterocycles. The summed E-state index contributed by atoms with van der Waals surface area (Å²) in [5.41, 5.74) is 1.19. The third-order valence-corrected chi connectivity index (χ3v) is 5.19. The van der Waals surface area contributed by atoms with Crippen LogP contribution >= 0.6 is 0 Å². The fourth-order valence-corrected chi connectivity index (χ4v) is 3.57. The Hall–Kier alpha value is -3.88. The SMILES string of the molecule is O=C(Nc1cnc(-c2cc(F)cc(F)c2)cn1)NC1CCN(C(=O)c2ccccc2)CC1. The van der Waals surface area contributed by atoms with Gasteiger partial charge in [0.1, 0.15) is 11.6 Å². The first kappa shape index (κ1) is 21.4. The van der Waals surface area contributed by atoms with Gasteiger partial charge in [0, 0.05) is 36.3 Å². The number of hydrogen-bond donors (Lipinski definition) is 2. The van der Waals surface area contributed by atoms with E-state index in [1.165, 1.54) is 12.4 Å². The molecule has 0 saturated carbocycles. The van der Waals surface area contributed by atoms with Crippen LogP contribution in [-0.4, -0.2) is 45.9 Å². The van der Waals surface area contributed by atoms with E-state index in [1.54, 1.807) is 17.0 Å². The minimum absolute atomic E-state index is 0.0120. The molecule has 7 nitrogen and oxygen atoms in total. The van der Waals surface area contributed by atoms with E-state index in [0.717, 1.165) is 18.2 Å². The zero-order valence-corrected chi connectivity index (χ0v) is 17.1. The van der Waals surface area contributed by atoms with Crippen molar-refractivity contribution in [1.29, 1.82) is 0 Å². The minimum Gasteiger partial charge on any atom is -0.338 e. The average molecular weight is 437 g/mol. The standard InChI is InChI=1S/C23H21F2N5O2/c24-17-10-16(11-18(25)12-17)20-13-27-21(14-26-20)29-23(32)28-19-6-8-30(9-7-19)22(31)15-4-2-1-3-5-15/h1-5,10-14,19H,6-9H2,(H2,27,28,29,32). The molecular formula is C23H21F2N5O2. The van der Waals surface area contributed by atoms with Crippen LogP contribution < -0.4 is 10.6 Å². The van der Waals surface area contributed by atoms with Crippen LogP contribution in [-0.2, 0) is 0 Å². The second-order valence-corrected chi connectivity index (χ2v) is 7.48.